The Balaban J connectivity index is 5.42. The molecule has 178 valence electrons. The Bertz CT molecular complexity index is 659. The molecule has 0 aliphatic carbocycles. The van der Waals surface area contributed by atoms with Crippen LogP contribution in [-0.4, -0.2) is 82.1 Å². The third-order valence-corrected chi connectivity index (χ3v) is 4.99. The molecule has 5 atom stereocenters. The van der Waals surface area contributed by atoms with Gasteiger partial charge < -0.3 is 37.6 Å². The standard InChI is InChI=1S/C18H33N5O7S/c1-8(2)13(20)16(27)23-14(9(3)24)17(28)22-11(7-12(19)25)15(26)21-10(18(29)30)5-6-31-4/h8-11,13-14,24H,5-7,20H2,1-4H3,(H2,19,25)(H,21,26)(H,22,28)(H,23,27)(H,29,30). The van der Waals surface area contributed by atoms with Crippen molar-refractivity contribution in [1.82, 2.24) is 16.0 Å². The van der Waals surface area contributed by atoms with E-state index in [0.717, 1.165) is 0 Å². The van der Waals surface area contributed by atoms with Gasteiger partial charge in [0.25, 0.3) is 0 Å². The Hall–Kier alpha value is -2.38. The summed E-state index contributed by atoms with van der Waals surface area (Å²) in [6.45, 7) is 4.65. The fraction of sp³-hybridized carbons (Fsp3) is 0.722. The van der Waals surface area contributed by atoms with Crippen LogP contribution in [0.3, 0.4) is 0 Å². The van der Waals surface area contributed by atoms with Crippen molar-refractivity contribution in [2.45, 2.75) is 63.9 Å². The topological polar surface area (TPSA) is 214 Å². The zero-order valence-corrected chi connectivity index (χ0v) is 18.9. The summed E-state index contributed by atoms with van der Waals surface area (Å²) in [6.07, 6.45) is -0.0712. The molecule has 0 saturated heterocycles. The predicted molar refractivity (Wildman–Crippen MR) is 115 cm³/mol. The van der Waals surface area contributed by atoms with Crippen molar-refractivity contribution in [2.24, 2.45) is 17.4 Å². The van der Waals surface area contributed by atoms with E-state index in [0.29, 0.717) is 5.75 Å². The number of nitrogens with one attached hydrogen (secondary N) is 3. The normalized spacial score (nSPS) is 15.8. The van der Waals surface area contributed by atoms with Gasteiger partial charge in [-0.25, -0.2) is 4.79 Å². The number of rotatable bonds is 14. The molecule has 0 aliphatic heterocycles. The fourth-order valence-electron chi connectivity index (χ4n) is 2.39. The number of carbonyl (C=O) groups excluding carboxylic acids is 4. The van der Waals surface area contributed by atoms with Gasteiger partial charge in [-0.2, -0.15) is 11.8 Å². The summed E-state index contributed by atoms with van der Waals surface area (Å²) in [6, 6.07) is -5.14. The number of carboxylic acid groups (broad SMARTS) is 1. The molecule has 0 aliphatic rings. The van der Waals surface area contributed by atoms with E-state index in [1.54, 1.807) is 20.1 Å². The molecule has 31 heavy (non-hydrogen) atoms. The highest BCUT2D eigenvalue weighted by Crippen LogP contribution is 2.05. The predicted octanol–water partition coefficient (Wildman–Crippen LogP) is -2.48. The lowest BCUT2D eigenvalue weighted by Gasteiger charge is -2.26. The molecular weight excluding hydrogens is 430 g/mol. The van der Waals surface area contributed by atoms with Crippen molar-refractivity contribution < 1.29 is 34.2 Å². The van der Waals surface area contributed by atoms with Gasteiger partial charge in [0.15, 0.2) is 0 Å². The molecule has 0 heterocycles. The highest BCUT2D eigenvalue weighted by atomic mass is 32.2. The number of carboxylic acids is 1. The van der Waals surface area contributed by atoms with Crippen LogP contribution in [0, 0.1) is 5.92 Å². The summed E-state index contributed by atoms with van der Waals surface area (Å²) >= 11 is 1.38. The van der Waals surface area contributed by atoms with E-state index in [9.17, 15) is 34.2 Å². The van der Waals surface area contributed by atoms with E-state index in [1.807, 2.05) is 0 Å². The van der Waals surface area contributed by atoms with Crippen molar-refractivity contribution in [3.05, 3.63) is 0 Å². The third kappa shape index (κ3) is 10.5. The van der Waals surface area contributed by atoms with E-state index >= 15 is 0 Å². The molecule has 0 bridgehead atoms. The zero-order valence-electron chi connectivity index (χ0n) is 18.1. The van der Waals surface area contributed by atoms with E-state index < -0.39 is 66.3 Å². The second-order valence-electron chi connectivity index (χ2n) is 7.41. The SMILES string of the molecule is CSCCC(NC(=O)C(CC(N)=O)NC(=O)C(NC(=O)C(N)C(C)C)C(C)O)C(=O)O. The lowest BCUT2D eigenvalue weighted by atomic mass is 10.0. The Kier molecular flexibility index (Phi) is 12.8. The summed E-state index contributed by atoms with van der Waals surface area (Å²) in [7, 11) is 0. The number of thioether (sulfide) groups is 1. The van der Waals surface area contributed by atoms with Crippen LogP contribution in [0.2, 0.25) is 0 Å². The minimum absolute atomic E-state index is 0.124. The third-order valence-electron chi connectivity index (χ3n) is 4.35. The van der Waals surface area contributed by atoms with E-state index in [4.69, 9.17) is 11.5 Å². The molecule has 0 aromatic heterocycles. The number of aliphatic hydroxyl groups is 1. The van der Waals surface area contributed by atoms with Gasteiger partial charge in [-0.15, -0.1) is 0 Å². The highest BCUT2D eigenvalue weighted by Gasteiger charge is 2.33. The van der Waals surface area contributed by atoms with Crippen LogP contribution in [0.15, 0.2) is 0 Å². The van der Waals surface area contributed by atoms with Gasteiger partial charge in [0.05, 0.1) is 18.6 Å². The minimum Gasteiger partial charge on any atom is -0.480 e. The van der Waals surface area contributed by atoms with Crippen LogP contribution in [0.5, 0.6) is 0 Å². The fourth-order valence-corrected chi connectivity index (χ4v) is 2.87. The zero-order chi connectivity index (χ0) is 24.3. The maximum Gasteiger partial charge on any atom is 0.326 e. The van der Waals surface area contributed by atoms with Gasteiger partial charge >= 0.3 is 5.97 Å². The lowest BCUT2D eigenvalue weighted by molar-refractivity contribution is -0.142. The molecule has 9 N–H and O–H groups in total. The molecular formula is C18H33N5O7S. The Morgan fingerprint density at radius 1 is 0.935 bits per heavy atom. The molecule has 12 nitrogen and oxygen atoms in total. The molecule has 0 aromatic carbocycles. The number of primary amides is 1. The number of aliphatic hydroxyl groups excluding tert-OH is 1. The Labute approximate surface area is 185 Å². The number of aliphatic carboxylic acids is 1. The van der Waals surface area contributed by atoms with Crippen LogP contribution in [-0.2, 0) is 24.0 Å². The maximum atomic E-state index is 12.6. The molecule has 5 unspecified atom stereocenters. The van der Waals surface area contributed by atoms with Crippen LogP contribution >= 0.6 is 11.8 Å². The number of carbonyl (C=O) groups is 5. The van der Waals surface area contributed by atoms with Crippen LogP contribution in [0.4, 0.5) is 0 Å². The summed E-state index contributed by atoms with van der Waals surface area (Å²) in [5, 5.41) is 26.0. The Morgan fingerprint density at radius 2 is 1.48 bits per heavy atom. The maximum absolute atomic E-state index is 12.6. The number of hydrogen-bond acceptors (Lipinski definition) is 8. The molecule has 4 amide bonds. The van der Waals surface area contributed by atoms with Crippen LogP contribution < -0.4 is 27.4 Å². The largest absolute Gasteiger partial charge is 0.480 e. The first-order valence-electron chi connectivity index (χ1n) is 9.66. The molecule has 0 fully saturated rings. The summed E-state index contributed by atoms with van der Waals surface area (Å²) in [5.74, 6) is -4.56. The van der Waals surface area contributed by atoms with Gasteiger partial charge in [0, 0.05) is 0 Å². The average Bonchev–Trinajstić information content (AvgIpc) is 2.66. The summed E-state index contributed by atoms with van der Waals surface area (Å²) < 4.78 is 0. The molecule has 13 heteroatoms. The van der Waals surface area contributed by atoms with Gasteiger partial charge in [-0.05, 0) is 31.3 Å². The lowest BCUT2D eigenvalue weighted by Crippen LogP contribution is -2.60. The van der Waals surface area contributed by atoms with Gasteiger partial charge in [-0.3, -0.25) is 19.2 Å². The van der Waals surface area contributed by atoms with Crippen LogP contribution in [0.25, 0.3) is 0 Å². The Morgan fingerprint density at radius 3 is 1.90 bits per heavy atom. The van der Waals surface area contributed by atoms with Crippen molar-refractivity contribution in [3.8, 4) is 0 Å². The minimum atomic E-state index is -1.50. The van der Waals surface area contributed by atoms with Gasteiger partial charge in [-0.1, -0.05) is 13.8 Å². The monoisotopic (exact) mass is 463 g/mol. The van der Waals surface area contributed by atoms with Crippen molar-refractivity contribution in [1.29, 1.82) is 0 Å². The molecule has 0 aromatic rings. The first kappa shape index (κ1) is 28.6. The highest BCUT2D eigenvalue weighted by molar-refractivity contribution is 7.98. The second-order valence-corrected chi connectivity index (χ2v) is 8.39. The summed E-state index contributed by atoms with van der Waals surface area (Å²) in [5.41, 5.74) is 10.9. The quantitative estimate of drug-likeness (QED) is 0.145. The van der Waals surface area contributed by atoms with Crippen LogP contribution in [0.1, 0.15) is 33.6 Å². The number of hydrogen-bond donors (Lipinski definition) is 7. The van der Waals surface area contributed by atoms with E-state index in [1.165, 1.54) is 18.7 Å². The molecule has 0 spiro atoms. The average molecular weight is 464 g/mol. The first-order valence-corrected chi connectivity index (χ1v) is 11.1. The number of amides is 4. The van der Waals surface area contributed by atoms with Gasteiger partial charge in [0.1, 0.15) is 18.1 Å². The smallest absolute Gasteiger partial charge is 0.326 e. The number of nitrogens with two attached hydrogens (primary N) is 2. The first-order chi connectivity index (χ1) is 14.3. The van der Waals surface area contributed by atoms with E-state index in [2.05, 4.69) is 16.0 Å². The van der Waals surface area contributed by atoms with Crippen molar-refractivity contribution in [3.63, 3.8) is 0 Å². The second kappa shape index (κ2) is 13.8. The van der Waals surface area contributed by atoms with Crippen molar-refractivity contribution >= 4 is 41.4 Å². The van der Waals surface area contributed by atoms with Crippen molar-refractivity contribution in [2.75, 3.05) is 12.0 Å². The van der Waals surface area contributed by atoms with E-state index in [-0.39, 0.29) is 12.3 Å². The molecule has 0 radical (unpaired) electrons. The van der Waals surface area contributed by atoms with Gasteiger partial charge in [0.2, 0.25) is 23.6 Å². The summed E-state index contributed by atoms with van der Waals surface area (Å²) in [4.78, 5) is 60.0. The molecule has 0 rings (SSSR count). The molecule has 0 saturated carbocycles.